The number of carbonyl (C=O) groups excluding carboxylic acids is 1. The van der Waals surface area contributed by atoms with E-state index in [0.717, 1.165) is 32.6 Å². The Bertz CT molecular complexity index is 319. The van der Waals surface area contributed by atoms with Gasteiger partial charge in [0.15, 0.2) is 0 Å². The highest BCUT2D eigenvalue weighted by molar-refractivity contribution is 5.84. The lowest BCUT2D eigenvalue weighted by atomic mass is 9.95. The summed E-state index contributed by atoms with van der Waals surface area (Å²) in [6.07, 6.45) is 0.997. The fourth-order valence-corrected chi connectivity index (χ4v) is 2.55. The SMILES string of the molecule is CCCNC(C)(CN1CCN(C)C(C)(C)C1)C(N)=O. The van der Waals surface area contributed by atoms with Gasteiger partial charge in [0.25, 0.3) is 0 Å². The van der Waals surface area contributed by atoms with Gasteiger partial charge in [0.2, 0.25) is 5.91 Å². The Hall–Kier alpha value is -0.650. The molecule has 1 fully saturated rings. The van der Waals surface area contributed by atoms with Crippen LogP contribution in [0.4, 0.5) is 0 Å². The maximum absolute atomic E-state index is 11.7. The van der Waals surface area contributed by atoms with Gasteiger partial charge in [0, 0.05) is 31.7 Å². The van der Waals surface area contributed by atoms with Crippen molar-refractivity contribution in [3.63, 3.8) is 0 Å². The number of primary amides is 1. The van der Waals surface area contributed by atoms with Gasteiger partial charge in [0.05, 0.1) is 0 Å². The number of hydrogen-bond donors (Lipinski definition) is 2. The summed E-state index contributed by atoms with van der Waals surface area (Å²) < 4.78 is 0. The highest BCUT2D eigenvalue weighted by atomic mass is 16.1. The second-order valence-electron chi connectivity index (χ2n) is 6.57. The minimum Gasteiger partial charge on any atom is -0.368 e. The Balaban J connectivity index is 2.67. The first kappa shape index (κ1) is 16.4. The Morgan fingerprint density at radius 3 is 2.53 bits per heavy atom. The summed E-state index contributed by atoms with van der Waals surface area (Å²) in [6.45, 7) is 12.9. The van der Waals surface area contributed by atoms with Crippen LogP contribution >= 0.6 is 0 Å². The molecule has 0 saturated carbocycles. The highest BCUT2D eigenvalue weighted by Crippen LogP contribution is 2.20. The average Bonchev–Trinajstić information content (AvgIpc) is 2.31. The van der Waals surface area contributed by atoms with Crippen LogP contribution in [0.5, 0.6) is 0 Å². The molecule has 0 spiro atoms. The van der Waals surface area contributed by atoms with Crippen LogP contribution in [0, 0.1) is 0 Å². The molecule has 1 atom stereocenters. The number of nitrogens with two attached hydrogens (primary N) is 1. The predicted octanol–water partition coefficient (Wildman–Crippen LogP) is 0.256. The van der Waals surface area contributed by atoms with Crippen LogP contribution < -0.4 is 11.1 Å². The molecular weight excluding hydrogens is 240 g/mol. The molecule has 0 bridgehead atoms. The van der Waals surface area contributed by atoms with Crippen molar-refractivity contribution in [3.8, 4) is 0 Å². The van der Waals surface area contributed by atoms with E-state index < -0.39 is 5.54 Å². The van der Waals surface area contributed by atoms with E-state index in [4.69, 9.17) is 5.73 Å². The number of nitrogens with one attached hydrogen (secondary N) is 1. The lowest BCUT2D eigenvalue weighted by Gasteiger charge is -2.47. The standard InChI is InChI=1S/C14H30N4O/c1-6-7-16-14(4,12(15)19)11-18-9-8-17(5)13(2,3)10-18/h16H,6-11H2,1-5H3,(H2,15,19). The summed E-state index contributed by atoms with van der Waals surface area (Å²) in [6, 6.07) is 0. The molecular formula is C14H30N4O. The quantitative estimate of drug-likeness (QED) is 0.726. The Kier molecular flexibility index (Phi) is 5.35. The highest BCUT2D eigenvalue weighted by Gasteiger charge is 2.37. The van der Waals surface area contributed by atoms with Crippen molar-refractivity contribution in [2.45, 2.75) is 45.2 Å². The zero-order valence-electron chi connectivity index (χ0n) is 13.1. The van der Waals surface area contributed by atoms with Crippen LogP contribution in [-0.2, 0) is 4.79 Å². The third-order valence-electron chi connectivity index (χ3n) is 4.24. The van der Waals surface area contributed by atoms with E-state index in [-0.39, 0.29) is 11.4 Å². The van der Waals surface area contributed by atoms with Crippen molar-refractivity contribution in [2.75, 3.05) is 39.8 Å². The van der Waals surface area contributed by atoms with Crippen molar-refractivity contribution in [2.24, 2.45) is 5.73 Å². The summed E-state index contributed by atoms with van der Waals surface area (Å²) in [5.41, 5.74) is 5.09. The normalized spacial score (nSPS) is 24.1. The van der Waals surface area contributed by atoms with Crippen LogP contribution in [0.1, 0.15) is 34.1 Å². The van der Waals surface area contributed by atoms with E-state index in [1.807, 2.05) is 6.92 Å². The van der Waals surface area contributed by atoms with E-state index in [2.05, 4.69) is 42.9 Å². The van der Waals surface area contributed by atoms with Gasteiger partial charge in [-0.15, -0.1) is 0 Å². The number of nitrogens with zero attached hydrogens (tertiary/aromatic N) is 2. The van der Waals surface area contributed by atoms with Crippen molar-refractivity contribution < 1.29 is 4.79 Å². The molecule has 19 heavy (non-hydrogen) atoms. The second kappa shape index (κ2) is 6.20. The summed E-state index contributed by atoms with van der Waals surface area (Å²) in [5, 5.41) is 3.30. The number of carbonyl (C=O) groups is 1. The first-order chi connectivity index (χ1) is 8.71. The predicted molar refractivity (Wildman–Crippen MR) is 79.0 cm³/mol. The zero-order valence-corrected chi connectivity index (χ0v) is 13.1. The Morgan fingerprint density at radius 2 is 2.05 bits per heavy atom. The Morgan fingerprint density at radius 1 is 1.42 bits per heavy atom. The lowest BCUT2D eigenvalue weighted by Crippen LogP contribution is -2.65. The molecule has 1 amide bonds. The maximum atomic E-state index is 11.7. The number of rotatable bonds is 6. The summed E-state index contributed by atoms with van der Waals surface area (Å²) in [5.74, 6) is -0.266. The minimum atomic E-state index is -0.637. The fraction of sp³-hybridized carbons (Fsp3) is 0.929. The molecule has 0 aromatic rings. The molecule has 112 valence electrons. The first-order valence-electron chi connectivity index (χ1n) is 7.20. The Labute approximate surface area is 117 Å². The van der Waals surface area contributed by atoms with Crippen molar-refractivity contribution in [3.05, 3.63) is 0 Å². The molecule has 1 aliphatic rings. The summed E-state index contributed by atoms with van der Waals surface area (Å²) >= 11 is 0. The topological polar surface area (TPSA) is 61.6 Å². The molecule has 1 unspecified atom stereocenters. The van der Waals surface area contributed by atoms with Gasteiger partial charge in [-0.2, -0.15) is 0 Å². The van der Waals surface area contributed by atoms with Gasteiger partial charge in [-0.05, 0) is 40.8 Å². The molecule has 1 aliphatic heterocycles. The number of likely N-dealkylation sites (N-methyl/N-ethyl adjacent to an activating group) is 1. The van der Waals surface area contributed by atoms with Crippen LogP contribution in [0.15, 0.2) is 0 Å². The van der Waals surface area contributed by atoms with E-state index in [1.54, 1.807) is 0 Å². The third kappa shape index (κ3) is 4.16. The van der Waals surface area contributed by atoms with E-state index in [0.29, 0.717) is 6.54 Å². The molecule has 0 aliphatic carbocycles. The monoisotopic (exact) mass is 270 g/mol. The molecule has 1 heterocycles. The van der Waals surface area contributed by atoms with Crippen LogP contribution in [0.3, 0.4) is 0 Å². The van der Waals surface area contributed by atoms with Gasteiger partial charge < -0.3 is 11.1 Å². The number of amides is 1. The number of hydrogen-bond acceptors (Lipinski definition) is 4. The number of piperazine rings is 1. The van der Waals surface area contributed by atoms with E-state index in [1.165, 1.54) is 0 Å². The molecule has 5 heteroatoms. The lowest BCUT2D eigenvalue weighted by molar-refractivity contribution is -0.125. The zero-order chi connectivity index (χ0) is 14.7. The minimum absolute atomic E-state index is 0.140. The smallest absolute Gasteiger partial charge is 0.238 e. The van der Waals surface area contributed by atoms with Crippen molar-refractivity contribution >= 4 is 5.91 Å². The molecule has 5 nitrogen and oxygen atoms in total. The van der Waals surface area contributed by atoms with Crippen LogP contribution in [0.2, 0.25) is 0 Å². The van der Waals surface area contributed by atoms with Gasteiger partial charge in [-0.3, -0.25) is 14.6 Å². The second-order valence-corrected chi connectivity index (χ2v) is 6.57. The molecule has 1 saturated heterocycles. The summed E-state index contributed by atoms with van der Waals surface area (Å²) in [7, 11) is 2.15. The largest absolute Gasteiger partial charge is 0.368 e. The van der Waals surface area contributed by atoms with Crippen molar-refractivity contribution in [1.82, 2.24) is 15.1 Å². The van der Waals surface area contributed by atoms with E-state index in [9.17, 15) is 4.79 Å². The molecule has 3 N–H and O–H groups in total. The van der Waals surface area contributed by atoms with Gasteiger partial charge in [-0.25, -0.2) is 0 Å². The van der Waals surface area contributed by atoms with E-state index >= 15 is 0 Å². The average molecular weight is 270 g/mol. The van der Waals surface area contributed by atoms with Crippen LogP contribution in [-0.4, -0.2) is 66.6 Å². The third-order valence-corrected chi connectivity index (χ3v) is 4.24. The first-order valence-corrected chi connectivity index (χ1v) is 7.20. The summed E-state index contributed by atoms with van der Waals surface area (Å²) in [4.78, 5) is 16.5. The van der Waals surface area contributed by atoms with Gasteiger partial charge >= 0.3 is 0 Å². The van der Waals surface area contributed by atoms with Crippen LogP contribution in [0.25, 0.3) is 0 Å². The maximum Gasteiger partial charge on any atom is 0.238 e. The fourth-order valence-electron chi connectivity index (χ4n) is 2.55. The van der Waals surface area contributed by atoms with Gasteiger partial charge in [0.1, 0.15) is 5.54 Å². The van der Waals surface area contributed by atoms with Gasteiger partial charge in [-0.1, -0.05) is 6.92 Å². The molecule has 0 aromatic heterocycles. The molecule has 1 rings (SSSR count). The molecule has 0 radical (unpaired) electrons. The van der Waals surface area contributed by atoms with Crippen molar-refractivity contribution in [1.29, 1.82) is 0 Å². The molecule has 0 aromatic carbocycles.